The van der Waals surface area contributed by atoms with Gasteiger partial charge < -0.3 is 4.57 Å². The Bertz CT molecular complexity index is 648. The first-order valence-corrected chi connectivity index (χ1v) is 7.65. The third kappa shape index (κ3) is 2.85. The van der Waals surface area contributed by atoms with Crippen LogP contribution in [0.3, 0.4) is 0 Å². The summed E-state index contributed by atoms with van der Waals surface area (Å²) < 4.78 is 26.7. The normalized spacial score (nSPS) is 12.1. The Labute approximate surface area is 106 Å². The van der Waals surface area contributed by atoms with E-state index in [1.807, 2.05) is 16.7 Å². The van der Waals surface area contributed by atoms with Crippen molar-refractivity contribution in [3.05, 3.63) is 24.2 Å². The van der Waals surface area contributed by atoms with E-state index in [9.17, 15) is 8.42 Å². The highest BCUT2D eigenvalue weighted by Crippen LogP contribution is 2.14. The lowest BCUT2D eigenvalue weighted by Gasteiger charge is -2.07. The van der Waals surface area contributed by atoms with Crippen LogP contribution < -0.4 is 4.72 Å². The number of aryl methyl sites for hydroxylation is 1. The van der Waals surface area contributed by atoms with Crippen LogP contribution in [0.25, 0.3) is 11.2 Å². The lowest BCUT2D eigenvalue weighted by atomic mass is 10.4. The summed E-state index contributed by atoms with van der Waals surface area (Å²) in [6, 6.07) is 3.69. The molecule has 2 heterocycles. The van der Waals surface area contributed by atoms with Crippen LogP contribution in [0.1, 0.15) is 19.2 Å². The summed E-state index contributed by atoms with van der Waals surface area (Å²) in [5.74, 6) is 0.691. The predicted molar refractivity (Wildman–Crippen MR) is 69.5 cm³/mol. The van der Waals surface area contributed by atoms with Crippen LogP contribution in [-0.2, 0) is 23.1 Å². The summed E-state index contributed by atoms with van der Waals surface area (Å²) in [5.41, 5.74) is 1.58. The highest BCUT2D eigenvalue weighted by Gasteiger charge is 2.12. The van der Waals surface area contributed by atoms with Crippen molar-refractivity contribution in [3.63, 3.8) is 0 Å². The van der Waals surface area contributed by atoms with E-state index >= 15 is 0 Å². The highest BCUT2D eigenvalue weighted by molar-refractivity contribution is 7.88. The second-order valence-corrected chi connectivity index (χ2v) is 5.95. The van der Waals surface area contributed by atoms with Crippen molar-refractivity contribution in [2.75, 3.05) is 6.26 Å². The lowest BCUT2D eigenvalue weighted by Crippen LogP contribution is -2.23. The molecule has 0 aliphatic carbocycles. The molecule has 1 N–H and O–H groups in total. The summed E-state index contributed by atoms with van der Waals surface area (Å²) in [7, 11) is -3.22. The van der Waals surface area contributed by atoms with Crippen molar-refractivity contribution >= 4 is 21.2 Å². The molecule has 2 aromatic rings. The first-order valence-electron chi connectivity index (χ1n) is 5.76. The van der Waals surface area contributed by atoms with Crippen LogP contribution in [-0.4, -0.2) is 29.2 Å². The Morgan fingerprint density at radius 2 is 2.22 bits per heavy atom. The van der Waals surface area contributed by atoms with E-state index in [4.69, 9.17) is 0 Å². The second-order valence-electron chi connectivity index (χ2n) is 4.12. The molecule has 6 nitrogen and oxygen atoms in total. The van der Waals surface area contributed by atoms with Crippen LogP contribution in [0.4, 0.5) is 0 Å². The molecule has 0 amide bonds. The van der Waals surface area contributed by atoms with Gasteiger partial charge in [-0.3, -0.25) is 0 Å². The van der Waals surface area contributed by atoms with Crippen LogP contribution in [0.5, 0.6) is 0 Å². The van der Waals surface area contributed by atoms with Crippen molar-refractivity contribution < 1.29 is 8.42 Å². The number of sulfonamides is 1. The molecule has 0 atom stereocenters. The van der Waals surface area contributed by atoms with Gasteiger partial charge in [0.2, 0.25) is 10.0 Å². The average molecular weight is 268 g/mol. The number of hydrogen-bond acceptors (Lipinski definition) is 4. The van der Waals surface area contributed by atoms with Gasteiger partial charge in [-0.05, 0) is 18.6 Å². The van der Waals surface area contributed by atoms with Crippen LogP contribution in [0.15, 0.2) is 18.3 Å². The Balaban J connectivity index is 2.39. The summed E-state index contributed by atoms with van der Waals surface area (Å²) in [5, 5.41) is 0. The van der Waals surface area contributed by atoms with Crippen molar-refractivity contribution in [1.29, 1.82) is 0 Å². The molecule has 0 saturated carbocycles. The van der Waals surface area contributed by atoms with Crippen LogP contribution in [0, 0.1) is 0 Å². The summed E-state index contributed by atoms with van der Waals surface area (Å²) in [6.07, 6.45) is 3.79. The van der Waals surface area contributed by atoms with E-state index in [0.717, 1.165) is 30.4 Å². The number of rotatable bonds is 5. The zero-order valence-electron chi connectivity index (χ0n) is 10.4. The molecule has 0 aliphatic heterocycles. The number of pyridine rings is 1. The van der Waals surface area contributed by atoms with E-state index in [1.165, 1.54) is 0 Å². The first kappa shape index (κ1) is 13.0. The van der Waals surface area contributed by atoms with E-state index in [1.54, 1.807) is 6.20 Å². The number of aromatic nitrogens is 3. The molecule has 0 aromatic carbocycles. The van der Waals surface area contributed by atoms with E-state index < -0.39 is 10.0 Å². The fourth-order valence-corrected chi connectivity index (χ4v) is 2.19. The van der Waals surface area contributed by atoms with E-state index in [2.05, 4.69) is 21.6 Å². The average Bonchev–Trinajstić information content (AvgIpc) is 2.65. The molecule has 98 valence electrons. The van der Waals surface area contributed by atoms with Gasteiger partial charge in [-0.2, -0.15) is 0 Å². The number of nitrogens with one attached hydrogen (secondary N) is 1. The summed E-state index contributed by atoms with van der Waals surface area (Å²) >= 11 is 0. The topological polar surface area (TPSA) is 76.9 Å². The maximum atomic E-state index is 11.1. The Morgan fingerprint density at radius 1 is 1.44 bits per heavy atom. The molecule has 0 spiro atoms. The molecule has 0 unspecified atom stereocenters. The summed E-state index contributed by atoms with van der Waals surface area (Å²) in [6.45, 7) is 3.02. The molecule has 0 saturated heterocycles. The molecule has 18 heavy (non-hydrogen) atoms. The number of nitrogens with zero attached hydrogens (tertiary/aromatic N) is 3. The van der Waals surface area contributed by atoms with Gasteiger partial charge in [0.05, 0.1) is 12.8 Å². The van der Waals surface area contributed by atoms with E-state index in [-0.39, 0.29) is 6.54 Å². The van der Waals surface area contributed by atoms with Crippen molar-refractivity contribution in [1.82, 2.24) is 19.3 Å². The molecular weight excluding hydrogens is 252 g/mol. The molecule has 0 bridgehead atoms. The second kappa shape index (κ2) is 5.03. The van der Waals surface area contributed by atoms with Gasteiger partial charge in [0.25, 0.3) is 0 Å². The van der Waals surface area contributed by atoms with Crippen molar-refractivity contribution in [3.8, 4) is 0 Å². The molecule has 0 aliphatic rings. The predicted octanol–water partition coefficient (Wildman–Crippen LogP) is 0.890. The molecule has 0 fully saturated rings. The highest BCUT2D eigenvalue weighted by atomic mass is 32.2. The van der Waals surface area contributed by atoms with Crippen molar-refractivity contribution in [2.45, 2.75) is 26.4 Å². The van der Waals surface area contributed by atoms with Gasteiger partial charge in [0, 0.05) is 12.7 Å². The quantitative estimate of drug-likeness (QED) is 0.873. The number of fused-ring (bicyclic) bond motifs is 1. The zero-order valence-corrected chi connectivity index (χ0v) is 11.2. The summed E-state index contributed by atoms with van der Waals surface area (Å²) in [4.78, 5) is 8.70. The monoisotopic (exact) mass is 268 g/mol. The zero-order chi connectivity index (χ0) is 13.2. The molecule has 7 heteroatoms. The van der Waals surface area contributed by atoms with E-state index in [0.29, 0.717) is 5.82 Å². The number of hydrogen-bond donors (Lipinski definition) is 1. The minimum absolute atomic E-state index is 0.190. The van der Waals surface area contributed by atoms with Gasteiger partial charge in [-0.25, -0.2) is 23.1 Å². The Morgan fingerprint density at radius 3 is 2.89 bits per heavy atom. The molecule has 2 aromatic heterocycles. The van der Waals surface area contributed by atoms with Crippen LogP contribution >= 0.6 is 0 Å². The third-order valence-electron chi connectivity index (χ3n) is 2.52. The van der Waals surface area contributed by atoms with Gasteiger partial charge in [0.1, 0.15) is 11.3 Å². The minimum Gasteiger partial charge on any atom is -0.312 e. The first-order chi connectivity index (χ1) is 8.51. The largest absolute Gasteiger partial charge is 0.312 e. The third-order valence-corrected chi connectivity index (χ3v) is 3.19. The fraction of sp³-hybridized carbons (Fsp3) is 0.455. The Hall–Kier alpha value is -1.47. The minimum atomic E-state index is -3.22. The SMILES string of the molecule is CCCn1c(CNS(C)(=O)=O)nc2cccnc21. The fourth-order valence-electron chi connectivity index (χ4n) is 1.79. The maximum absolute atomic E-state index is 11.1. The maximum Gasteiger partial charge on any atom is 0.209 e. The van der Waals surface area contributed by atoms with Gasteiger partial charge in [0.15, 0.2) is 5.65 Å². The Kier molecular flexibility index (Phi) is 3.63. The molecular formula is C11H16N4O2S. The van der Waals surface area contributed by atoms with Gasteiger partial charge >= 0.3 is 0 Å². The molecule has 2 rings (SSSR count). The lowest BCUT2D eigenvalue weighted by molar-refractivity contribution is 0.579. The molecule has 0 radical (unpaired) electrons. The van der Waals surface area contributed by atoms with Crippen LogP contribution in [0.2, 0.25) is 0 Å². The standard InChI is InChI=1S/C11H16N4O2S/c1-3-7-15-10(8-13-18(2,16)17)14-9-5-4-6-12-11(9)15/h4-6,13H,3,7-8H2,1-2H3. The smallest absolute Gasteiger partial charge is 0.209 e. The van der Waals surface area contributed by atoms with Crippen molar-refractivity contribution in [2.24, 2.45) is 0 Å². The van der Waals surface area contributed by atoms with Gasteiger partial charge in [-0.1, -0.05) is 6.92 Å². The van der Waals surface area contributed by atoms with Gasteiger partial charge in [-0.15, -0.1) is 0 Å². The number of imidazole rings is 1.